The molecule has 0 bridgehead atoms. The van der Waals surface area contributed by atoms with Crippen LogP contribution in [0.25, 0.3) is 0 Å². The van der Waals surface area contributed by atoms with Gasteiger partial charge in [-0.25, -0.2) is 0 Å². The van der Waals surface area contributed by atoms with Crippen molar-refractivity contribution in [3.63, 3.8) is 0 Å². The fraction of sp³-hybridized carbons (Fsp3) is 0.500. The summed E-state index contributed by atoms with van der Waals surface area (Å²) in [6.07, 6.45) is 1.43. The Bertz CT molecular complexity index is 311. The van der Waals surface area contributed by atoms with Crippen molar-refractivity contribution in [2.75, 3.05) is 11.9 Å². The molecule has 2 heteroatoms. The summed E-state index contributed by atoms with van der Waals surface area (Å²) in [7, 11) is 0. The summed E-state index contributed by atoms with van der Waals surface area (Å²) in [6.45, 7) is 5.14. The Morgan fingerprint density at radius 1 is 1.36 bits per heavy atom. The first kappa shape index (κ1) is 9.53. The van der Waals surface area contributed by atoms with Gasteiger partial charge < -0.3 is 10.1 Å². The zero-order chi connectivity index (χ0) is 9.97. The molecule has 1 aromatic carbocycles. The quantitative estimate of drug-likeness (QED) is 0.775. The standard InChI is InChI=1S/C12H17NO/c1-9-5-3-4-6-11(9)13-12-7-8-14-10(12)2/h3-6,10,12-13H,7-8H2,1-2H3/t10-,12+/m0/s1. The van der Waals surface area contributed by atoms with Gasteiger partial charge >= 0.3 is 0 Å². The fourth-order valence-corrected chi connectivity index (χ4v) is 1.86. The lowest BCUT2D eigenvalue weighted by Crippen LogP contribution is -2.26. The van der Waals surface area contributed by atoms with E-state index in [2.05, 4.69) is 43.4 Å². The maximum atomic E-state index is 5.51. The minimum atomic E-state index is 0.328. The number of benzene rings is 1. The highest BCUT2D eigenvalue weighted by atomic mass is 16.5. The molecule has 76 valence electrons. The van der Waals surface area contributed by atoms with Gasteiger partial charge in [0.15, 0.2) is 0 Å². The van der Waals surface area contributed by atoms with Crippen molar-refractivity contribution in [2.24, 2.45) is 0 Å². The molecule has 0 amide bonds. The van der Waals surface area contributed by atoms with Crippen LogP contribution in [-0.2, 0) is 4.74 Å². The van der Waals surface area contributed by atoms with E-state index in [0.29, 0.717) is 12.1 Å². The summed E-state index contributed by atoms with van der Waals surface area (Å²) in [5.74, 6) is 0. The third-order valence-corrected chi connectivity index (χ3v) is 2.86. The Morgan fingerprint density at radius 3 is 2.79 bits per heavy atom. The first-order valence-corrected chi connectivity index (χ1v) is 5.21. The first-order chi connectivity index (χ1) is 6.77. The van der Waals surface area contributed by atoms with Crippen molar-refractivity contribution in [2.45, 2.75) is 32.4 Å². The normalized spacial score (nSPS) is 26.4. The lowest BCUT2D eigenvalue weighted by atomic mass is 10.1. The predicted molar refractivity (Wildman–Crippen MR) is 58.6 cm³/mol. The summed E-state index contributed by atoms with van der Waals surface area (Å²) < 4.78 is 5.51. The van der Waals surface area contributed by atoms with E-state index in [-0.39, 0.29) is 0 Å². The second-order valence-corrected chi connectivity index (χ2v) is 3.93. The van der Waals surface area contributed by atoms with E-state index in [9.17, 15) is 0 Å². The van der Waals surface area contributed by atoms with Gasteiger partial charge in [-0.05, 0) is 31.9 Å². The largest absolute Gasteiger partial charge is 0.379 e. The van der Waals surface area contributed by atoms with Gasteiger partial charge in [-0.1, -0.05) is 18.2 Å². The van der Waals surface area contributed by atoms with Crippen molar-refractivity contribution in [1.29, 1.82) is 0 Å². The van der Waals surface area contributed by atoms with Crippen LogP contribution in [0.5, 0.6) is 0 Å². The fourth-order valence-electron chi connectivity index (χ4n) is 1.86. The SMILES string of the molecule is Cc1ccccc1N[C@@H]1CCO[C@H]1C. The van der Waals surface area contributed by atoms with Gasteiger partial charge in [0.05, 0.1) is 12.1 Å². The Hall–Kier alpha value is -1.02. The monoisotopic (exact) mass is 191 g/mol. The predicted octanol–water partition coefficient (Wildman–Crippen LogP) is 2.58. The summed E-state index contributed by atoms with van der Waals surface area (Å²) in [4.78, 5) is 0. The second-order valence-electron chi connectivity index (χ2n) is 3.93. The van der Waals surface area contributed by atoms with Crippen LogP contribution in [0.1, 0.15) is 18.9 Å². The molecule has 0 aliphatic carbocycles. The Balaban J connectivity index is 2.07. The van der Waals surface area contributed by atoms with E-state index in [4.69, 9.17) is 4.74 Å². The van der Waals surface area contributed by atoms with Gasteiger partial charge in [0.2, 0.25) is 0 Å². The molecule has 0 spiro atoms. The van der Waals surface area contributed by atoms with E-state index in [1.165, 1.54) is 11.3 Å². The van der Waals surface area contributed by atoms with Crippen LogP contribution in [-0.4, -0.2) is 18.8 Å². The minimum Gasteiger partial charge on any atom is -0.379 e. The number of ether oxygens (including phenoxy) is 1. The van der Waals surface area contributed by atoms with Crippen molar-refractivity contribution >= 4 is 5.69 Å². The highest BCUT2D eigenvalue weighted by molar-refractivity contribution is 5.51. The highest BCUT2D eigenvalue weighted by Crippen LogP contribution is 2.21. The molecular weight excluding hydrogens is 174 g/mol. The number of anilines is 1. The molecule has 1 heterocycles. The van der Waals surface area contributed by atoms with Crippen LogP contribution < -0.4 is 5.32 Å². The second kappa shape index (κ2) is 4.01. The molecule has 0 unspecified atom stereocenters. The van der Waals surface area contributed by atoms with Crippen molar-refractivity contribution < 1.29 is 4.74 Å². The summed E-state index contributed by atoms with van der Waals surface area (Å²) in [6, 6.07) is 8.85. The lowest BCUT2D eigenvalue weighted by molar-refractivity contribution is 0.121. The van der Waals surface area contributed by atoms with Crippen LogP contribution in [0.2, 0.25) is 0 Å². The third kappa shape index (κ3) is 1.90. The van der Waals surface area contributed by atoms with E-state index in [1.807, 2.05) is 0 Å². The van der Waals surface area contributed by atoms with Gasteiger partial charge in [-0.15, -0.1) is 0 Å². The summed E-state index contributed by atoms with van der Waals surface area (Å²) >= 11 is 0. The van der Waals surface area contributed by atoms with Crippen LogP contribution >= 0.6 is 0 Å². The molecule has 2 rings (SSSR count). The van der Waals surface area contributed by atoms with E-state index >= 15 is 0 Å². The van der Waals surface area contributed by atoms with Crippen LogP contribution in [0.3, 0.4) is 0 Å². The maximum Gasteiger partial charge on any atom is 0.0748 e. The number of rotatable bonds is 2. The van der Waals surface area contributed by atoms with Gasteiger partial charge in [0.1, 0.15) is 0 Å². The van der Waals surface area contributed by atoms with Crippen molar-refractivity contribution in [1.82, 2.24) is 0 Å². The number of hydrogen-bond donors (Lipinski definition) is 1. The molecule has 0 saturated carbocycles. The Labute approximate surface area is 85.3 Å². The average molecular weight is 191 g/mol. The molecule has 1 saturated heterocycles. The molecule has 1 aromatic rings. The number of para-hydroxylation sites is 1. The molecular formula is C12H17NO. The Morgan fingerprint density at radius 2 is 2.14 bits per heavy atom. The molecule has 1 aliphatic rings. The topological polar surface area (TPSA) is 21.3 Å². The van der Waals surface area contributed by atoms with Gasteiger partial charge in [-0.2, -0.15) is 0 Å². The molecule has 2 atom stereocenters. The smallest absolute Gasteiger partial charge is 0.0748 e. The number of hydrogen-bond acceptors (Lipinski definition) is 2. The zero-order valence-electron chi connectivity index (χ0n) is 8.79. The Kier molecular flexibility index (Phi) is 2.73. The molecule has 2 nitrogen and oxygen atoms in total. The molecule has 14 heavy (non-hydrogen) atoms. The zero-order valence-corrected chi connectivity index (χ0v) is 8.79. The van der Waals surface area contributed by atoms with Gasteiger partial charge in [0, 0.05) is 12.3 Å². The van der Waals surface area contributed by atoms with Crippen molar-refractivity contribution in [3.05, 3.63) is 29.8 Å². The first-order valence-electron chi connectivity index (χ1n) is 5.21. The average Bonchev–Trinajstić information content (AvgIpc) is 2.56. The van der Waals surface area contributed by atoms with Crippen LogP contribution in [0.15, 0.2) is 24.3 Å². The summed E-state index contributed by atoms with van der Waals surface area (Å²) in [5, 5.41) is 3.53. The minimum absolute atomic E-state index is 0.328. The lowest BCUT2D eigenvalue weighted by Gasteiger charge is -2.18. The van der Waals surface area contributed by atoms with Crippen molar-refractivity contribution in [3.8, 4) is 0 Å². The molecule has 1 N–H and O–H groups in total. The number of nitrogens with one attached hydrogen (secondary N) is 1. The van der Waals surface area contributed by atoms with Gasteiger partial charge in [-0.3, -0.25) is 0 Å². The van der Waals surface area contributed by atoms with Crippen LogP contribution in [0.4, 0.5) is 5.69 Å². The highest BCUT2D eigenvalue weighted by Gasteiger charge is 2.23. The molecule has 1 fully saturated rings. The summed E-state index contributed by atoms with van der Waals surface area (Å²) in [5.41, 5.74) is 2.53. The third-order valence-electron chi connectivity index (χ3n) is 2.86. The van der Waals surface area contributed by atoms with Crippen LogP contribution in [0, 0.1) is 6.92 Å². The van der Waals surface area contributed by atoms with E-state index in [1.54, 1.807) is 0 Å². The molecule has 1 aliphatic heterocycles. The van der Waals surface area contributed by atoms with E-state index < -0.39 is 0 Å². The molecule has 0 aromatic heterocycles. The van der Waals surface area contributed by atoms with E-state index in [0.717, 1.165) is 13.0 Å². The maximum absolute atomic E-state index is 5.51. The van der Waals surface area contributed by atoms with Gasteiger partial charge in [0.25, 0.3) is 0 Å². The number of aryl methyl sites for hydroxylation is 1. The molecule has 0 radical (unpaired) electrons.